The third-order valence-electron chi connectivity index (χ3n) is 2.40. The number of nitrogens with one attached hydrogen (secondary N) is 1. The summed E-state index contributed by atoms with van der Waals surface area (Å²) in [5.41, 5.74) is 0. The highest BCUT2D eigenvalue weighted by Crippen LogP contribution is 2.10. The van der Waals surface area contributed by atoms with Gasteiger partial charge in [-0.05, 0) is 25.7 Å². The van der Waals surface area contributed by atoms with Gasteiger partial charge in [-0.15, -0.1) is 0 Å². The van der Waals surface area contributed by atoms with Crippen molar-refractivity contribution in [3.63, 3.8) is 0 Å². The number of aliphatic hydroxyl groups excluding tert-OH is 1. The van der Waals surface area contributed by atoms with Crippen molar-refractivity contribution in [3.8, 4) is 0 Å². The van der Waals surface area contributed by atoms with Gasteiger partial charge in [0.05, 0.1) is 5.75 Å². The van der Waals surface area contributed by atoms with Crippen molar-refractivity contribution in [2.75, 3.05) is 12.4 Å². The Hall–Kier alpha value is -0.130. The third-order valence-corrected chi connectivity index (χ3v) is 3.99. The summed E-state index contributed by atoms with van der Waals surface area (Å²) in [4.78, 5) is 0. The second-order valence-electron chi connectivity index (χ2n) is 4.16. The van der Waals surface area contributed by atoms with Crippen molar-refractivity contribution in [2.24, 2.45) is 5.92 Å². The Morgan fingerprint density at radius 3 is 2.40 bits per heavy atom. The van der Waals surface area contributed by atoms with Crippen LogP contribution in [-0.4, -0.2) is 31.9 Å². The van der Waals surface area contributed by atoms with E-state index in [1.54, 1.807) is 0 Å². The molecule has 0 rings (SSSR count). The van der Waals surface area contributed by atoms with Crippen LogP contribution in [0.3, 0.4) is 0 Å². The predicted molar refractivity (Wildman–Crippen MR) is 62.2 cm³/mol. The van der Waals surface area contributed by atoms with Crippen LogP contribution < -0.4 is 4.72 Å². The molecule has 2 N–H and O–H groups in total. The SMILES string of the molecule is CCC(C)CC(C)NS(=O)(=O)CCCO. The molecule has 2 unspecified atom stereocenters. The second-order valence-corrected chi connectivity index (χ2v) is 6.04. The molecule has 0 saturated heterocycles. The maximum atomic E-state index is 11.4. The lowest BCUT2D eigenvalue weighted by atomic mass is 10.0. The molecular weight excluding hydrogens is 214 g/mol. The monoisotopic (exact) mass is 237 g/mol. The molecule has 0 aliphatic heterocycles. The summed E-state index contributed by atoms with van der Waals surface area (Å²) in [7, 11) is -3.21. The Morgan fingerprint density at radius 1 is 1.33 bits per heavy atom. The minimum atomic E-state index is -3.21. The molecule has 4 nitrogen and oxygen atoms in total. The predicted octanol–water partition coefficient (Wildman–Crippen LogP) is 1.11. The van der Waals surface area contributed by atoms with E-state index < -0.39 is 10.0 Å². The quantitative estimate of drug-likeness (QED) is 0.664. The van der Waals surface area contributed by atoms with Gasteiger partial charge in [0.2, 0.25) is 10.0 Å². The molecule has 0 aliphatic rings. The van der Waals surface area contributed by atoms with Crippen LogP contribution in [0.4, 0.5) is 0 Å². The molecular formula is C10H23NO3S. The standard InChI is InChI=1S/C10H23NO3S/c1-4-9(2)8-10(3)11-15(13,14)7-5-6-12/h9-12H,4-8H2,1-3H3. The maximum absolute atomic E-state index is 11.4. The Kier molecular flexibility index (Phi) is 7.13. The highest BCUT2D eigenvalue weighted by molar-refractivity contribution is 7.89. The van der Waals surface area contributed by atoms with Gasteiger partial charge in [-0.2, -0.15) is 0 Å². The van der Waals surface area contributed by atoms with E-state index in [1.165, 1.54) is 0 Å². The molecule has 0 aliphatic carbocycles. The molecule has 5 heteroatoms. The Labute approximate surface area is 93.1 Å². The molecule has 2 atom stereocenters. The van der Waals surface area contributed by atoms with Gasteiger partial charge in [-0.3, -0.25) is 0 Å². The second kappa shape index (κ2) is 7.19. The van der Waals surface area contributed by atoms with Gasteiger partial charge in [0, 0.05) is 12.6 Å². The molecule has 0 spiro atoms. The van der Waals surface area contributed by atoms with Crippen LogP contribution >= 0.6 is 0 Å². The van der Waals surface area contributed by atoms with Crippen molar-refractivity contribution in [1.29, 1.82) is 0 Å². The highest BCUT2D eigenvalue weighted by atomic mass is 32.2. The Bertz CT molecular complexity index is 251. The van der Waals surface area contributed by atoms with Crippen LogP contribution in [0.15, 0.2) is 0 Å². The average molecular weight is 237 g/mol. The number of aliphatic hydroxyl groups is 1. The fraction of sp³-hybridized carbons (Fsp3) is 1.00. The highest BCUT2D eigenvalue weighted by Gasteiger charge is 2.15. The van der Waals surface area contributed by atoms with E-state index in [4.69, 9.17) is 5.11 Å². The van der Waals surface area contributed by atoms with Crippen LogP contribution in [0.5, 0.6) is 0 Å². The number of hydrogen-bond donors (Lipinski definition) is 2. The first-order chi connectivity index (χ1) is 6.91. The van der Waals surface area contributed by atoms with Crippen molar-refractivity contribution < 1.29 is 13.5 Å². The van der Waals surface area contributed by atoms with E-state index in [9.17, 15) is 8.42 Å². The van der Waals surface area contributed by atoms with Crippen LogP contribution in [0.1, 0.15) is 40.0 Å². The molecule has 92 valence electrons. The van der Waals surface area contributed by atoms with Gasteiger partial charge in [0.15, 0.2) is 0 Å². The van der Waals surface area contributed by atoms with Crippen LogP contribution in [0.25, 0.3) is 0 Å². The molecule has 0 aromatic carbocycles. The van der Waals surface area contributed by atoms with Gasteiger partial charge in [-0.1, -0.05) is 20.3 Å². The topological polar surface area (TPSA) is 66.4 Å². The van der Waals surface area contributed by atoms with Crippen molar-refractivity contribution in [3.05, 3.63) is 0 Å². The van der Waals surface area contributed by atoms with E-state index in [-0.39, 0.29) is 18.4 Å². The van der Waals surface area contributed by atoms with Crippen LogP contribution in [0, 0.1) is 5.92 Å². The molecule has 0 fully saturated rings. The summed E-state index contributed by atoms with van der Waals surface area (Å²) in [5.74, 6) is 0.537. The maximum Gasteiger partial charge on any atom is 0.211 e. The molecule has 0 aromatic rings. The van der Waals surface area contributed by atoms with Crippen molar-refractivity contribution in [2.45, 2.75) is 46.1 Å². The lowest BCUT2D eigenvalue weighted by Gasteiger charge is -2.17. The zero-order valence-electron chi connectivity index (χ0n) is 9.86. The minimum absolute atomic E-state index is 0.00828. The minimum Gasteiger partial charge on any atom is -0.396 e. The van der Waals surface area contributed by atoms with E-state index in [1.807, 2.05) is 6.92 Å². The smallest absolute Gasteiger partial charge is 0.211 e. The molecule has 0 bridgehead atoms. The van der Waals surface area contributed by atoms with Gasteiger partial charge in [0.1, 0.15) is 0 Å². The normalized spacial score (nSPS) is 16.3. The summed E-state index contributed by atoms with van der Waals surface area (Å²) >= 11 is 0. The first kappa shape index (κ1) is 14.9. The fourth-order valence-electron chi connectivity index (χ4n) is 1.44. The third kappa shape index (κ3) is 7.76. The lowest BCUT2D eigenvalue weighted by molar-refractivity contribution is 0.295. The van der Waals surface area contributed by atoms with E-state index in [0.29, 0.717) is 12.3 Å². The number of hydrogen-bond acceptors (Lipinski definition) is 3. The van der Waals surface area contributed by atoms with E-state index >= 15 is 0 Å². The zero-order chi connectivity index (χ0) is 11.9. The number of rotatable bonds is 8. The van der Waals surface area contributed by atoms with Gasteiger partial charge >= 0.3 is 0 Å². The lowest BCUT2D eigenvalue weighted by Crippen LogP contribution is -2.35. The van der Waals surface area contributed by atoms with Crippen LogP contribution in [0.2, 0.25) is 0 Å². The van der Waals surface area contributed by atoms with Crippen molar-refractivity contribution in [1.82, 2.24) is 4.72 Å². The van der Waals surface area contributed by atoms with Crippen molar-refractivity contribution >= 4 is 10.0 Å². The summed E-state index contributed by atoms with van der Waals surface area (Å²) in [5, 5.41) is 8.55. The largest absolute Gasteiger partial charge is 0.396 e. The summed E-state index contributed by atoms with van der Waals surface area (Å²) < 4.78 is 25.5. The van der Waals surface area contributed by atoms with Gasteiger partial charge in [-0.25, -0.2) is 13.1 Å². The molecule has 0 heterocycles. The van der Waals surface area contributed by atoms with E-state index in [0.717, 1.165) is 12.8 Å². The van der Waals surface area contributed by atoms with Gasteiger partial charge < -0.3 is 5.11 Å². The van der Waals surface area contributed by atoms with Gasteiger partial charge in [0.25, 0.3) is 0 Å². The molecule has 0 amide bonds. The summed E-state index contributed by atoms with van der Waals surface area (Å²) in [6.07, 6.45) is 2.21. The first-order valence-electron chi connectivity index (χ1n) is 5.52. The molecule has 0 radical (unpaired) electrons. The van der Waals surface area contributed by atoms with Crippen LogP contribution in [-0.2, 0) is 10.0 Å². The zero-order valence-corrected chi connectivity index (χ0v) is 10.7. The molecule has 15 heavy (non-hydrogen) atoms. The molecule has 0 saturated carbocycles. The van der Waals surface area contributed by atoms with E-state index in [2.05, 4.69) is 18.6 Å². The fourth-order valence-corrected chi connectivity index (χ4v) is 2.77. The average Bonchev–Trinajstić information content (AvgIpc) is 2.13. The Balaban J connectivity index is 3.98. The Morgan fingerprint density at radius 2 is 1.93 bits per heavy atom. The first-order valence-corrected chi connectivity index (χ1v) is 7.17. The molecule has 0 aromatic heterocycles. The summed E-state index contributed by atoms with van der Waals surface area (Å²) in [6, 6.07) is -0.0244. The number of sulfonamides is 1. The summed E-state index contributed by atoms with van der Waals surface area (Å²) in [6.45, 7) is 6.00.